The Bertz CT molecular complexity index is 839. The van der Waals surface area contributed by atoms with Crippen LogP contribution in [0.15, 0.2) is 53.0 Å². The average molecular weight is 506 g/mol. The lowest BCUT2D eigenvalue weighted by molar-refractivity contribution is 0.344. The largest absolute Gasteiger partial charge is 0.493 e. The van der Waals surface area contributed by atoms with E-state index in [0.29, 0.717) is 24.1 Å². The van der Waals surface area contributed by atoms with Gasteiger partial charge in [0.15, 0.2) is 0 Å². The fraction of sp³-hybridized carbons (Fsp3) is 0.480. The molecule has 2 aromatic rings. The van der Waals surface area contributed by atoms with Gasteiger partial charge < -0.3 is 25.1 Å². The second-order valence-electron chi connectivity index (χ2n) is 7.72. The number of rotatable bonds is 15. The molecule has 0 bridgehead atoms. The molecule has 1 heterocycles. The minimum atomic E-state index is 0.0469. The predicted molar refractivity (Wildman–Crippen MR) is 148 cm³/mol. The number of thioether (sulfide) groups is 1. The van der Waals surface area contributed by atoms with Gasteiger partial charge >= 0.3 is 0 Å². The molecule has 0 radical (unpaired) electrons. The molecule has 0 saturated heterocycles. The third kappa shape index (κ3) is 14.8. The average Bonchev–Trinajstić information content (AvgIpc) is 3.28. The van der Waals surface area contributed by atoms with Gasteiger partial charge in [-0.3, -0.25) is 0 Å². The number of hydrogen-bond donors (Lipinski definition) is 2. The van der Waals surface area contributed by atoms with Crippen molar-refractivity contribution in [3.8, 4) is 5.75 Å². The summed E-state index contributed by atoms with van der Waals surface area (Å²) in [4.78, 5) is 2.10. The lowest BCUT2D eigenvalue weighted by Crippen LogP contribution is -2.24. The Morgan fingerprint density at radius 2 is 2.06 bits per heavy atom. The highest BCUT2D eigenvalue weighted by molar-refractivity contribution is 7.98. The van der Waals surface area contributed by atoms with Crippen molar-refractivity contribution in [3.63, 3.8) is 0 Å². The maximum Gasteiger partial charge on any atom is 0.243 e. The summed E-state index contributed by atoms with van der Waals surface area (Å²) in [5.41, 5.74) is 8.33. The first kappa shape index (κ1) is 29.8. The number of thiocarbonyl (C=S) groups is 1. The van der Waals surface area contributed by atoms with E-state index in [9.17, 15) is 0 Å². The zero-order chi connectivity index (χ0) is 25.0. The lowest BCUT2D eigenvalue weighted by atomic mass is 10.1. The van der Waals surface area contributed by atoms with Gasteiger partial charge in [-0.1, -0.05) is 55.6 Å². The Labute approximate surface area is 214 Å². The maximum atomic E-state index is 5.80. The Morgan fingerprint density at radius 1 is 1.29 bits per heavy atom. The van der Waals surface area contributed by atoms with E-state index in [1.54, 1.807) is 17.3 Å². The fourth-order valence-corrected chi connectivity index (χ4v) is 3.35. The first-order chi connectivity index (χ1) is 16.5. The van der Waals surface area contributed by atoms with E-state index in [-0.39, 0.29) is 6.04 Å². The summed E-state index contributed by atoms with van der Waals surface area (Å²) in [6.45, 7) is 6.67. The Hall–Kier alpha value is -2.20. The van der Waals surface area contributed by atoms with Gasteiger partial charge in [0.25, 0.3) is 0 Å². The van der Waals surface area contributed by atoms with Crippen LogP contribution in [0.1, 0.15) is 38.5 Å². The Kier molecular flexibility index (Phi) is 16.8. The van der Waals surface area contributed by atoms with E-state index in [2.05, 4.69) is 45.6 Å². The fourth-order valence-electron chi connectivity index (χ4n) is 2.60. The third-order valence-corrected chi connectivity index (χ3v) is 5.29. The van der Waals surface area contributed by atoms with Crippen LogP contribution >= 0.6 is 24.0 Å². The molecule has 1 aromatic carbocycles. The van der Waals surface area contributed by atoms with Crippen LogP contribution in [0.2, 0.25) is 0 Å². The zero-order valence-corrected chi connectivity index (χ0v) is 22.4. The van der Waals surface area contributed by atoms with Crippen molar-refractivity contribution in [3.05, 3.63) is 60.3 Å². The first-order valence-electron chi connectivity index (χ1n) is 11.5. The number of allylic oxidation sites excluding steroid dienone is 3. The number of nitrogens with two attached hydrogens (primary N) is 1. The van der Waals surface area contributed by atoms with E-state index in [1.165, 1.54) is 0 Å². The highest BCUT2D eigenvalue weighted by Crippen LogP contribution is 2.20. The molecular weight excluding hydrogens is 466 g/mol. The predicted octanol–water partition coefficient (Wildman–Crippen LogP) is 4.56. The van der Waals surface area contributed by atoms with Crippen LogP contribution < -0.4 is 15.8 Å². The first-order valence-corrected chi connectivity index (χ1v) is 13.1. The smallest absolute Gasteiger partial charge is 0.243 e. The van der Waals surface area contributed by atoms with Gasteiger partial charge in [-0.25, -0.2) is 0 Å². The molecule has 1 aromatic heterocycles. The molecule has 3 N–H and O–H groups in total. The summed E-state index contributed by atoms with van der Waals surface area (Å²) >= 11 is 6.26. The topological polar surface area (TPSA) is 89.4 Å². The van der Waals surface area contributed by atoms with E-state index in [4.69, 9.17) is 14.9 Å². The molecule has 0 aliphatic rings. The summed E-state index contributed by atoms with van der Waals surface area (Å²) < 4.78 is 11.5. The minimum absolute atomic E-state index is 0.0469. The van der Waals surface area contributed by atoms with Gasteiger partial charge in [0.1, 0.15) is 5.75 Å². The minimum Gasteiger partial charge on any atom is -0.493 e. The number of likely N-dealkylation sites (N-methyl/N-ethyl adjacent to an activating group) is 1. The second-order valence-corrected chi connectivity index (χ2v) is 9.06. The molecule has 9 heteroatoms. The van der Waals surface area contributed by atoms with Gasteiger partial charge in [0, 0.05) is 30.5 Å². The highest BCUT2D eigenvalue weighted by Gasteiger charge is 2.10. The van der Waals surface area contributed by atoms with Crippen molar-refractivity contribution in [2.45, 2.75) is 38.5 Å². The number of hydrogen-bond acceptors (Lipinski definition) is 8. The molecule has 0 aliphatic heterocycles. The summed E-state index contributed by atoms with van der Waals surface area (Å²) in [6.07, 6.45) is 7.80. The van der Waals surface area contributed by atoms with Crippen LogP contribution in [0, 0.1) is 0 Å². The quantitative estimate of drug-likeness (QED) is 0.205. The van der Waals surface area contributed by atoms with Crippen molar-refractivity contribution in [1.29, 1.82) is 0 Å². The molecular formula is C25H39N5O2S2. The van der Waals surface area contributed by atoms with E-state index >= 15 is 0 Å². The van der Waals surface area contributed by atoms with Crippen LogP contribution in [0.4, 0.5) is 0 Å². The standard InChI is InChI=1S/C20H27N3O2S.C5H12N2S/c1-3-8-17(10-7-9-16(2)21)20-23-22-19(25-20)15-26-14-13-24-18-11-5-4-6-12-18;1-7(2)4-3-6-5-8/h4-9,11-12,16H,3,10,13-15,21H2,1-2H3;5H,3-4H2,1-2H3,(H,6,8)/b9-7-,17-8+;. The molecule has 0 fully saturated rings. The van der Waals surface area contributed by atoms with Gasteiger partial charge in [0.05, 0.1) is 17.9 Å². The molecule has 7 nitrogen and oxygen atoms in total. The highest BCUT2D eigenvalue weighted by atomic mass is 32.2. The van der Waals surface area contributed by atoms with Crippen molar-refractivity contribution < 1.29 is 9.15 Å². The number of aromatic nitrogens is 2. The monoisotopic (exact) mass is 505 g/mol. The normalized spacial score (nSPS) is 12.4. The van der Waals surface area contributed by atoms with E-state index in [1.807, 2.05) is 63.5 Å². The molecule has 0 aliphatic carbocycles. The van der Waals surface area contributed by atoms with Crippen LogP contribution in [0.25, 0.3) is 5.57 Å². The summed E-state index contributed by atoms with van der Waals surface area (Å²) in [7, 11) is 4.07. The van der Waals surface area contributed by atoms with Gasteiger partial charge in [0.2, 0.25) is 11.8 Å². The third-order valence-electron chi connectivity index (χ3n) is 4.22. The summed E-state index contributed by atoms with van der Waals surface area (Å²) in [6, 6.07) is 9.86. The van der Waals surface area contributed by atoms with Gasteiger partial charge in [-0.05, 0) is 46.0 Å². The molecule has 34 heavy (non-hydrogen) atoms. The SMILES string of the molecule is CC/C=C(\C/C=C\C(C)N)c1nnc(CSCCOc2ccccc2)o1.CN(C)CCNC=S. The van der Waals surface area contributed by atoms with Crippen LogP contribution in [0.3, 0.4) is 0 Å². The van der Waals surface area contributed by atoms with Crippen LogP contribution in [0.5, 0.6) is 5.75 Å². The van der Waals surface area contributed by atoms with Crippen molar-refractivity contribution >= 4 is 35.0 Å². The van der Waals surface area contributed by atoms with E-state index in [0.717, 1.165) is 43.0 Å². The van der Waals surface area contributed by atoms with Crippen molar-refractivity contribution in [2.24, 2.45) is 5.73 Å². The molecule has 0 amide bonds. The number of para-hydroxylation sites is 1. The van der Waals surface area contributed by atoms with Gasteiger partial charge in [-0.15, -0.1) is 22.0 Å². The van der Waals surface area contributed by atoms with E-state index < -0.39 is 0 Å². The van der Waals surface area contributed by atoms with Crippen molar-refractivity contribution in [1.82, 2.24) is 20.4 Å². The summed E-state index contributed by atoms with van der Waals surface area (Å²) in [5.74, 6) is 3.67. The molecule has 188 valence electrons. The molecule has 1 atom stereocenters. The Morgan fingerprint density at radius 3 is 2.71 bits per heavy atom. The molecule has 0 spiro atoms. The molecule has 0 saturated carbocycles. The second kappa shape index (κ2) is 19.1. The molecule has 1 unspecified atom stereocenters. The number of ether oxygens (including phenoxy) is 1. The number of nitrogens with one attached hydrogen (secondary N) is 1. The zero-order valence-electron chi connectivity index (χ0n) is 20.8. The maximum absolute atomic E-state index is 5.80. The van der Waals surface area contributed by atoms with Crippen LogP contribution in [-0.4, -0.2) is 66.2 Å². The number of benzene rings is 1. The molecule has 2 rings (SSSR count). The Balaban J connectivity index is 0.000000620. The lowest BCUT2D eigenvalue weighted by Gasteiger charge is -2.07. The van der Waals surface area contributed by atoms with Gasteiger partial charge in [-0.2, -0.15) is 0 Å². The number of nitrogens with zero attached hydrogens (tertiary/aromatic N) is 3. The van der Waals surface area contributed by atoms with Crippen LogP contribution in [-0.2, 0) is 5.75 Å². The van der Waals surface area contributed by atoms with Crippen molar-refractivity contribution in [2.75, 3.05) is 39.5 Å². The summed E-state index contributed by atoms with van der Waals surface area (Å²) in [5, 5.41) is 11.3.